The minimum Gasteiger partial charge on any atom is -0.368 e. The Balaban J connectivity index is 2.10. The largest absolute Gasteiger partial charge is 0.368 e. The van der Waals surface area contributed by atoms with Gasteiger partial charge in [0.05, 0.1) is 5.52 Å². The maximum absolute atomic E-state index is 5.98. The molecular weight excluding hydrogens is 295 g/mol. The summed E-state index contributed by atoms with van der Waals surface area (Å²) in [4.78, 5) is 8.41. The van der Waals surface area contributed by atoms with Gasteiger partial charge in [0.2, 0.25) is 5.95 Å². The highest BCUT2D eigenvalue weighted by atomic mass is 35.5. The maximum atomic E-state index is 5.98. The molecule has 0 bridgehead atoms. The third-order valence-electron chi connectivity index (χ3n) is 2.75. The topological polar surface area (TPSA) is 63.8 Å². The van der Waals surface area contributed by atoms with E-state index in [1.54, 1.807) is 18.2 Å². The zero-order valence-corrected chi connectivity index (χ0v) is 11.8. The Kier molecular flexibility index (Phi) is 3.34. The van der Waals surface area contributed by atoms with Gasteiger partial charge < -0.3 is 11.1 Å². The molecule has 3 N–H and O–H groups in total. The van der Waals surface area contributed by atoms with E-state index < -0.39 is 0 Å². The van der Waals surface area contributed by atoms with Crippen LogP contribution in [0.4, 0.5) is 17.5 Å². The summed E-state index contributed by atoms with van der Waals surface area (Å²) in [5.74, 6) is 0.825. The number of anilines is 3. The maximum Gasteiger partial charge on any atom is 0.222 e. The van der Waals surface area contributed by atoms with Crippen LogP contribution in [0.2, 0.25) is 10.0 Å². The number of para-hydroxylation sites is 1. The minimum absolute atomic E-state index is 0.208. The van der Waals surface area contributed by atoms with Gasteiger partial charge in [0.25, 0.3) is 0 Å². The van der Waals surface area contributed by atoms with E-state index in [4.69, 9.17) is 28.9 Å². The lowest BCUT2D eigenvalue weighted by molar-refractivity contribution is 1.23. The van der Waals surface area contributed by atoms with Crippen molar-refractivity contribution in [3.8, 4) is 0 Å². The number of aromatic nitrogens is 2. The molecule has 0 radical (unpaired) electrons. The summed E-state index contributed by atoms with van der Waals surface area (Å²) in [6.45, 7) is 0. The highest BCUT2D eigenvalue weighted by Gasteiger charge is 2.07. The van der Waals surface area contributed by atoms with Gasteiger partial charge in [0.15, 0.2) is 0 Å². The fourth-order valence-corrected chi connectivity index (χ4v) is 2.48. The molecule has 100 valence electrons. The van der Waals surface area contributed by atoms with Crippen LogP contribution < -0.4 is 11.1 Å². The number of nitrogens with zero attached hydrogens (tertiary/aromatic N) is 2. The first-order chi connectivity index (χ1) is 9.61. The van der Waals surface area contributed by atoms with Gasteiger partial charge in [-0.25, -0.2) is 4.98 Å². The molecule has 0 aliphatic heterocycles. The number of hydrogen-bond donors (Lipinski definition) is 2. The number of fused-ring (bicyclic) bond motifs is 1. The lowest BCUT2D eigenvalue weighted by atomic mass is 10.2. The summed E-state index contributed by atoms with van der Waals surface area (Å²) in [7, 11) is 0. The van der Waals surface area contributed by atoms with Crippen LogP contribution in [0.25, 0.3) is 10.9 Å². The van der Waals surface area contributed by atoms with Gasteiger partial charge in [0, 0.05) is 21.1 Å². The standard InChI is InChI=1S/C14H10Cl2N4/c15-8-5-9(16)7-10(6-8)18-13-11-3-1-2-4-12(11)19-14(17)20-13/h1-7H,(H3,17,18,19,20). The molecule has 2 aromatic carbocycles. The van der Waals surface area contributed by atoms with Crippen molar-refractivity contribution in [3.63, 3.8) is 0 Å². The molecular formula is C14H10Cl2N4. The van der Waals surface area contributed by atoms with Crippen molar-refractivity contribution >= 4 is 51.6 Å². The minimum atomic E-state index is 0.208. The summed E-state index contributed by atoms with van der Waals surface area (Å²) in [6, 6.07) is 12.8. The van der Waals surface area contributed by atoms with Crippen LogP contribution in [0, 0.1) is 0 Å². The van der Waals surface area contributed by atoms with E-state index in [1.165, 1.54) is 0 Å². The zero-order chi connectivity index (χ0) is 14.1. The van der Waals surface area contributed by atoms with Crippen LogP contribution in [0.1, 0.15) is 0 Å². The Hall–Kier alpha value is -2.04. The first-order valence-corrected chi connectivity index (χ1v) is 6.63. The molecule has 0 fully saturated rings. The van der Waals surface area contributed by atoms with Crippen molar-refractivity contribution < 1.29 is 0 Å². The number of nitrogens with one attached hydrogen (secondary N) is 1. The molecule has 0 aliphatic rings. The van der Waals surface area contributed by atoms with Gasteiger partial charge in [-0.15, -0.1) is 0 Å². The molecule has 0 saturated heterocycles. The molecule has 0 amide bonds. The van der Waals surface area contributed by atoms with Crippen LogP contribution in [-0.4, -0.2) is 9.97 Å². The van der Waals surface area contributed by atoms with Gasteiger partial charge in [-0.3, -0.25) is 0 Å². The Morgan fingerprint density at radius 1 is 0.950 bits per heavy atom. The molecule has 6 heteroatoms. The van der Waals surface area contributed by atoms with Crippen LogP contribution >= 0.6 is 23.2 Å². The predicted molar refractivity (Wildman–Crippen MR) is 83.7 cm³/mol. The Labute approximate surface area is 125 Å². The molecule has 0 unspecified atom stereocenters. The number of nitrogen functional groups attached to an aromatic ring is 1. The quantitative estimate of drug-likeness (QED) is 0.742. The Morgan fingerprint density at radius 2 is 1.65 bits per heavy atom. The van der Waals surface area contributed by atoms with Crippen molar-refractivity contribution in [2.45, 2.75) is 0 Å². The van der Waals surface area contributed by atoms with Crippen molar-refractivity contribution in [3.05, 3.63) is 52.5 Å². The lowest BCUT2D eigenvalue weighted by Gasteiger charge is -2.10. The number of nitrogens with two attached hydrogens (primary N) is 1. The summed E-state index contributed by atoms with van der Waals surface area (Å²) in [5, 5.41) is 5.14. The number of hydrogen-bond acceptors (Lipinski definition) is 4. The third-order valence-corrected chi connectivity index (χ3v) is 3.18. The molecule has 4 nitrogen and oxygen atoms in total. The predicted octanol–water partition coefficient (Wildman–Crippen LogP) is 4.26. The first kappa shape index (κ1) is 13.0. The fraction of sp³-hybridized carbons (Fsp3) is 0. The lowest BCUT2D eigenvalue weighted by Crippen LogP contribution is -2.01. The van der Waals surface area contributed by atoms with Crippen molar-refractivity contribution in [2.75, 3.05) is 11.1 Å². The number of benzene rings is 2. The summed E-state index contributed by atoms with van der Waals surface area (Å²) >= 11 is 12.0. The second-order valence-electron chi connectivity index (χ2n) is 4.23. The summed E-state index contributed by atoms with van der Waals surface area (Å²) in [5.41, 5.74) is 7.24. The molecule has 1 heterocycles. The fourth-order valence-electron chi connectivity index (χ4n) is 1.95. The van der Waals surface area contributed by atoms with Crippen LogP contribution in [0.15, 0.2) is 42.5 Å². The van der Waals surface area contributed by atoms with Gasteiger partial charge in [0.1, 0.15) is 5.82 Å². The molecule has 3 aromatic rings. The van der Waals surface area contributed by atoms with E-state index in [0.29, 0.717) is 15.9 Å². The summed E-state index contributed by atoms with van der Waals surface area (Å²) in [6.07, 6.45) is 0. The first-order valence-electron chi connectivity index (χ1n) is 5.87. The van der Waals surface area contributed by atoms with E-state index >= 15 is 0 Å². The van der Waals surface area contributed by atoms with Crippen LogP contribution in [0.5, 0.6) is 0 Å². The van der Waals surface area contributed by atoms with Gasteiger partial charge in [-0.1, -0.05) is 35.3 Å². The molecule has 0 aliphatic carbocycles. The van der Waals surface area contributed by atoms with Crippen LogP contribution in [-0.2, 0) is 0 Å². The van der Waals surface area contributed by atoms with E-state index in [2.05, 4.69) is 15.3 Å². The number of rotatable bonds is 2. The normalized spacial score (nSPS) is 10.7. The molecule has 20 heavy (non-hydrogen) atoms. The Bertz CT molecular complexity index is 769. The van der Waals surface area contributed by atoms with Crippen LogP contribution in [0.3, 0.4) is 0 Å². The molecule has 1 aromatic heterocycles. The molecule has 3 rings (SSSR count). The average Bonchev–Trinajstić information content (AvgIpc) is 2.37. The third kappa shape index (κ3) is 2.61. The zero-order valence-electron chi connectivity index (χ0n) is 10.3. The second-order valence-corrected chi connectivity index (χ2v) is 5.10. The molecule has 0 saturated carbocycles. The second kappa shape index (κ2) is 5.15. The highest BCUT2D eigenvalue weighted by molar-refractivity contribution is 6.35. The van der Waals surface area contributed by atoms with E-state index in [0.717, 1.165) is 16.6 Å². The molecule has 0 atom stereocenters. The number of halogens is 2. The highest BCUT2D eigenvalue weighted by Crippen LogP contribution is 2.28. The SMILES string of the molecule is Nc1nc(Nc2cc(Cl)cc(Cl)c2)c2ccccc2n1. The van der Waals surface area contributed by atoms with Crippen molar-refractivity contribution in [1.29, 1.82) is 0 Å². The smallest absolute Gasteiger partial charge is 0.222 e. The van der Waals surface area contributed by atoms with Crippen molar-refractivity contribution in [2.24, 2.45) is 0 Å². The Morgan fingerprint density at radius 3 is 2.40 bits per heavy atom. The van der Waals surface area contributed by atoms with Crippen molar-refractivity contribution in [1.82, 2.24) is 9.97 Å². The summed E-state index contributed by atoms with van der Waals surface area (Å²) < 4.78 is 0. The van der Waals surface area contributed by atoms with Gasteiger partial charge >= 0.3 is 0 Å². The van der Waals surface area contributed by atoms with Gasteiger partial charge in [-0.05, 0) is 30.3 Å². The monoisotopic (exact) mass is 304 g/mol. The molecule has 0 spiro atoms. The average molecular weight is 305 g/mol. The van der Waals surface area contributed by atoms with E-state index in [9.17, 15) is 0 Å². The van der Waals surface area contributed by atoms with Gasteiger partial charge in [-0.2, -0.15) is 4.98 Å². The van der Waals surface area contributed by atoms with E-state index in [1.807, 2.05) is 24.3 Å². The van der Waals surface area contributed by atoms with E-state index in [-0.39, 0.29) is 5.95 Å².